The molecule has 4 rings (SSSR count). The molecule has 1 saturated carbocycles. The van der Waals surface area contributed by atoms with Gasteiger partial charge in [-0.1, -0.05) is 16.8 Å². The molecule has 2 aromatic heterocycles. The van der Waals surface area contributed by atoms with E-state index in [2.05, 4.69) is 15.6 Å². The molecule has 0 radical (unpaired) electrons. The van der Waals surface area contributed by atoms with Crippen molar-refractivity contribution in [1.82, 2.24) is 24.9 Å². The summed E-state index contributed by atoms with van der Waals surface area (Å²) in [6.07, 6.45) is 3.42. The van der Waals surface area contributed by atoms with Crippen molar-refractivity contribution in [2.75, 3.05) is 0 Å². The van der Waals surface area contributed by atoms with Crippen LogP contribution in [0.2, 0.25) is 5.02 Å². The van der Waals surface area contributed by atoms with Crippen molar-refractivity contribution >= 4 is 17.4 Å². The first-order chi connectivity index (χ1) is 11.6. The molecule has 0 aliphatic heterocycles. The Morgan fingerprint density at radius 3 is 2.71 bits per heavy atom. The van der Waals surface area contributed by atoms with Crippen molar-refractivity contribution in [3.63, 3.8) is 0 Å². The highest BCUT2D eigenvalue weighted by Crippen LogP contribution is 2.42. The van der Waals surface area contributed by atoms with Crippen LogP contribution in [0.15, 0.2) is 33.7 Å². The summed E-state index contributed by atoms with van der Waals surface area (Å²) in [5.41, 5.74) is 0.786. The molecule has 1 aliphatic carbocycles. The Balaban J connectivity index is 1.72. The predicted molar refractivity (Wildman–Crippen MR) is 83.5 cm³/mol. The van der Waals surface area contributed by atoms with E-state index in [1.807, 2.05) is 0 Å². The van der Waals surface area contributed by atoms with Gasteiger partial charge in [0.15, 0.2) is 11.5 Å². The van der Waals surface area contributed by atoms with Crippen LogP contribution < -0.4 is 5.69 Å². The van der Waals surface area contributed by atoms with E-state index in [1.54, 1.807) is 12.1 Å². The molecule has 0 atom stereocenters. The van der Waals surface area contributed by atoms with Gasteiger partial charge in [-0.15, -0.1) is 0 Å². The molecule has 24 heavy (non-hydrogen) atoms. The summed E-state index contributed by atoms with van der Waals surface area (Å²) in [6, 6.07) is 4.67. The average molecular weight is 346 g/mol. The lowest BCUT2D eigenvalue weighted by atomic mass is 10.0. The number of hydrogen-bond acceptors (Lipinski definition) is 6. The summed E-state index contributed by atoms with van der Waals surface area (Å²) in [6.45, 7) is 0. The highest BCUT2D eigenvalue weighted by atomic mass is 35.5. The fourth-order valence-corrected chi connectivity index (χ4v) is 2.76. The number of benzene rings is 1. The second-order valence-corrected chi connectivity index (χ2v) is 6.08. The SMILES string of the molecule is Cn1nnn(-c2ccc(C(=O)c3cnoc3C3CC3)c(Cl)c2)c1=O. The van der Waals surface area contributed by atoms with Gasteiger partial charge < -0.3 is 4.52 Å². The summed E-state index contributed by atoms with van der Waals surface area (Å²) >= 11 is 6.26. The Labute approximate surface area is 140 Å². The maximum atomic E-state index is 12.7. The van der Waals surface area contributed by atoms with Gasteiger partial charge in [0.2, 0.25) is 0 Å². The van der Waals surface area contributed by atoms with Crippen LogP contribution in [0.25, 0.3) is 5.69 Å². The van der Waals surface area contributed by atoms with Gasteiger partial charge in [-0.25, -0.2) is 4.79 Å². The molecule has 8 nitrogen and oxygen atoms in total. The summed E-state index contributed by atoms with van der Waals surface area (Å²) in [5, 5.41) is 11.3. The Morgan fingerprint density at radius 1 is 1.29 bits per heavy atom. The molecule has 0 unspecified atom stereocenters. The van der Waals surface area contributed by atoms with Crippen molar-refractivity contribution in [3.8, 4) is 5.69 Å². The third kappa shape index (κ3) is 2.35. The van der Waals surface area contributed by atoms with Crippen LogP contribution in [-0.4, -0.2) is 30.7 Å². The third-order valence-corrected chi connectivity index (χ3v) is 4.27. The van der Waals surface area contributed by atoms with Crippen molar-refractivity contribution in [1.29, 1.82) is 0 Å². The Morgan fingerprint density at radius 2 is 2.08 bits per heavy atom. The fraction of sp³-hybridized carbons (Fsp3) is 0.267. The van der Waals surface area contributed by atoms with Gasteiger partial charge >= 0.3 is 5.69 Å². The normalized spacial score (nSPS) is 14.1. The standard InChI is InChI=1S/C15H12ClN5O3/c1-20-15(23)21(19-18-20)9-4-5-10(12(16)6-9)13(22)11-7-17-24-14(11)8-2-3-8/h4-8H,2-3H2,1H3. The molecule has 122 valence electrons. The minimum atomic E-state index is -0.403. The number of carbonyl (C=O) groups is 1. The average Bonchev–Trinajstić information content (AvgIpc) is 3.20. The van der Waals surface area contributed by atoms with E-state index in [1.165, 1.54) is 19.3 Å². The molecular formula is C15H12ClN5O3. The first kappa shape index (κ1) is 14.8. The van der Waals surface area contributed by atoms with E-state index >= 15 is 0 Å². The molecule has 0 saturated heterocycles. The maximum absolute atomic E-state index is 12.7. The Bertz CT molecular complexity index is 999. The van der Waals surface area contributed by atoms with Crippen molar-refractivity contribution in [2.24, 2.45) is 7.05 Å². The Hall–Kier alpha value is -2.74. The first-order valence-electron chi connectivity index (χ1n) is 7.34. The van der Waals surface area contributed by atoms with Gasteiger partial charge in [-0.05, 0) is 41.5 Å². The summed E-state index contributed by atoms with van der Waals surface area (Å²) in [4.78, 5) is 24.6. The van der Waals surface area contributed by atoms with Crippen molar-refractivity contribution < 1.29 is 9.32 Å². The zero-order valence-corrected chi connectivity index (χ0v) is 13.4. The van der Waals surface area contributed by atoms with E-state index in [0.717, 1.165) is 22.2 Å². The van der Waals surface area contributed by atoms with Crippen molar-refractivity contribution in [2.45, 2.75) is 18.8 Å². The fourth-order valence-electron chi connectivity index (χ4n) is 2.50. The molecular weight excluding hydrogens is 334 g/mol. The van der Waals surface area contributed by atoms with Crippen LogP contribution in [0, 0.1) is 0 Å². The summed E-state index contributed by atoms with van der Waals surface area (Å²) < 4.78 is 7.41. The second kappa shape index (κ2) is 5.41. The molecule has 1 fully saturated rings. The summed E-state index contributed by atoms with van der Waals surface area (Å²) in [7, 11) is 1.50. The highest BCUT2D eigenvalue weighted by molar-refractivity contribution is 6.35. The highest BCUT2D eigenvalue weighted by Gasteiger charge is 2.33. The number of aromatic nitrogens is 5. The number of nitrogens with zero attached hydrogens (tertiary/aromatic N) is 5. The quantitative estimate of drug-likeness (QED) is 0.668. The van der Waals surface area contributed by atoms with Gasteiger partial charge in [-0.3, -0.25) is 4.79 Å². The van der Waals surface area contributed by atoms with E-state index in [-0.39, 0.29) is 16.7 Å². The van der Waals surface area contributed by atoms with Crippen LogP contribution in [0.3, 0.4) is 0 Å². The van der Waals surface area contributed by atoms with Crippen LogP contribution in [0.5, 0.6) is 0 Å². The molecule has 1 aliphatic rings. The zero-order valence-electron chi connectivity index (χ0n) is 12.6. The number of carbonyl (C=O) groups excluding carboxylic acids is 1. The molecule has 2 heterocycles. The van der Waals surface area contributed by atoms with Crippen LogP contribution >= 0.6 is 11.6 Å². The maximum Gasteiger partial charge on any atom is 0.368 e. The van der Waals surface area contributed by atoms with E-state index in [0.29, 0.717) is 22.6 Å². The molecule has 0 amide bonds. The van der Waals surface area contributed by atoms with E-state index in [9.17, 15) is 9.59 Å². The number of rotatable bonds is 4. The predicted octanol–water partition coefficient (Wildman–Crippen LogP) is 1.72. The van der Waals surface area contributed by atoms with Gasteiger partial charge in [-0.2, -0.15) is 9.36 Å². The second-order valence-electron chi connectivity index (χ2n) is 5.67. The van der Waals surface area contributed by atoms with Crippen LogP contribution in [0.4, 0.5) is 0 Å². The largest absolute Gasteiger partial charge is 0.368 e. The lowest BCUT2D eigenvalue weighted by Gasteiger charge is -2.05. The molecule has 0 bridgehead atoms. The lowest BCUT2D eigenvalue weighted by Crippen LogP contribution is -2.22. The lowest BCUT2D eigenvalue weighted by molar-refractivity contribution is 0.103. The number of halogens is 1. The number of hydrogen-bond donors (Lipinski definition) is 0. The number of aryl methyl sites for hydroxylation is 1. The first-order valence-corrected chi connectivity index (χ1v) is 7.72. The Kier molecular flexibility index (Phi) is 3.34. The van der Waals surface area contributed by atoms with E-state index < -0.39 is 5.69 Å². The van der Waals surface area contributed by atoms with Crippen LogP contribution in [-0.2, 0) is 7.05 Å². The monoisotopic (exact) mass is 345 g/mol. The zero-order chi connectivity index (χ0) is 16.8. The van der Waals surface area contributed by atoms with Crippen LogP contribution in [0.1, 0.15) is 40.4 Å². The minimum absolute atomic E-state index is 0.220. The van der Waals surface area contributed by atoms with Gasteiger partial charge in [0.1, 0.15) is 0 Å². The smallest absolute Gasteiger partial charge is 0.360 e. The molecule has 3 aromatic rings. The van der Waals surface area contributed by atoms with Crippen molar-refractivity contribution in [3.05, 3.63) is 56.8 Å². The topological polar surface area (TPSA) is 95.8 Å². The number of tetrazole rings is 1. The summed E-state index contributed by atoms with van der Waals surface area (Å²) in [5.74, 6) is 0.633. The molecule has 1 aromatic carbocycles. The third-order valence-electron chi connectivity index (χ3n) is 3.95. The number of ketones is 1. The van der Waals surface area contributed by atoms with Gasteiger partial charge in [0.25, 0.3) is 0 Å². The molecule has 9 heteroatoms. The molecule has 0 spiro atoms. The van der Waals surface area contributed by atoms with E-state index in [4.69, 9.17) is 16.1 Å². The molecule has 0 N–H and O–H groups in total. The van der Waals surface area contributed by atoms with Gasteiger partial charge in [0, 0.05) is 18.5 Å². The minimum Gasteiger partial charge on any atom is -0.360 e. The van der Waals surface area contributed by atoms with Gasteiger partial charge in [0.05, 0.1) is 22.5 Å².